The second-order valence-corrected chi connectivity index (χ2v) is 5.65. The summed E-state index contributed by atoms with van der Waals surface area (Å²) in [5, 5.41) is 12.4. The molecule has 1 fully saturated rings. The van der Waals surface area contributed by atoms with Gasteiger partial charge in [0, 0.05) is 6.42 Å². The first-order valence-electron chi connectivity index (χ1n) is 6.95. The fraction of sp³-hybridized carbons (Fsp3) is 0.562. The van der Waals surface area contributed by atoms with Gasteiger partial charge in [0.1, 0.15) is 17.4 Å². The molecule has 1 aliphatic rings. The average molecular weight is 258 g/mol. The molecule has 1 saturated carbocycles. The summed E-state index contributed by atoms with van der Waals surface area (Å²) in [5.41, 5.74) is 0.920. The second-order valence-electron chi connectivity index (χ2n) is 5.65. The Morgan fingerprint density at radius 1 is 1.37 bits per heavy atom. The van der Waals surface area contributed by atoms with Crippen LogP contribution in [-0.2, 0) is 0 Å². The molecular weight excluding hydrogens is 236 g/mol. The minimum atomic E-state index is -0.400. The summed E-state index contributed by atoms with van der Waals surface area (Å²) in [6.07, 6.45) is 2.68. The van der Waals surface area contributed by atoms with E-state index in [0.29, 0.717) is 5.92 Å². The lowest BCUT2D eigenvalue weighted by atomic mass is 10.0. The van der Waals surface area contributed by atoms with Crippen LogP contribution in [0.15, 0.2) is 24.3 Å². The van der Waals surface area contributed by atoms with Crippen molar-refractivity contribution >= 4 is 0 Å². The zero-order valence-electron chi connectivity index (χ0n) is 11.9. The third-order valence-corrected chi connectivity index (χ3v) is 4.01. The Morgan fingerprint density at radius 3 is 2.53 bits per heavy atom. The van der Waals surface area contributed by atoms with Crippen LogP contribution in [-0.4, -0.2) is 18.7 Å². The summed E-state index contributed by atoms with van der Waals surface area (Å²) < 4.78 is 5.98. The highest BCUT2D eigenvalue weighted by Crippen LogP contribution is 2.32. The Hall–Kier alpha value is -1.53. The molecule has 2 unspecified atom stereocenters. The van der Waals surface area contributed by atoms with E-state index in [-0.39, 0.29) is 6.10 Å². The number of hydrogen-bond donors (Lipinski definition) is 1. The topological polar surface area (TPSA) is 45.0 Å². The Labute approximate surface area is 115 Å². The number of nitrogens with one attached hydrogen (secondary N) is 1. The molecule has 0 aromatic heterocycles. The van der Waals surface area contributed by atoms with E-state index in [1.165, 1.54) is 5.56 Å². The highest BCUT2D eigenvalue weighted by molar-refractivity contribution is 5.29. The lowest BCUT2D eigenvalue weighted by Crippen LogP contribution is -2.39. The van der Waals surface area contributed by atoms with Crippen molar-refractivity contribution in [2.75, 3.05) is 7.05 Å². The minimum absolute atomic E-state index is 0.136. The number of nitriles is 1. The molecule has 0 amide bonds. The molecule has 0 saturated heterocycles. The molecule has 3 heteroatoms. The van der Waals surface area contributed by atoms with Gasteiger partial charge in [-0.2, -0.15) is 5.26 Å². The maximum Gasteiger partial charge on any atom is 0.119 e. The third-order valence-electron chi connectivity index (χ3n) is 4.01. The van der Waals surface area contributed by atoms with Crippen molar-refractivity contribution in [3.05, 3.63) is 29.8 Å². The molecule has 0 spiro atoms. The van der Waals surface area contributed by atoms with Crippen LogP contribution in [0.1, 0.15) is 44.6 Å². The lowest BCUT2D eigenvalue weighted by Gasteiger charge is -2.20. The van der Waals surface area contributed by atoms with Crippen LogP contribution in [0.4, 0.5) is 0 Å². The highest BCUT2D eigenvalue weighted by Gasteiger charge is 2.39. The van der Waals surface area contributed by atoms with Crippen LogP contribution in [0.3, 0.4) is 0 Å². The maximum atomic E-state index is 9.23. The Bertz CT molecular complexity index is 461. The van der Waals surface area contributed by atoms with E-state index in [4.69, 9.17) is 4.74 Å². The lowest BCUT2D eigenvalue weighted by molar-refractivity contribution is 0.202. The first-order valence-corrected chi connectivity index (χ1v) is 6.95. The molecule has 2 atom stereocenters. The van der Waals surface area contributed by atoms with Crippen LogP contribution < -0.4 is 10.1 Å². The fourth-order valence-corrected chi connectivity index (χ4v) is 2.61. The fourth-order valence-electron chi connectivity index (χ4n) is 2.61. The van der Waals surface area contributed by atoms with Crippen molar-refractivity contribution < 1.29 is 4.74 Å². The quantitative estimate of drug-likeness (QED) is 0.902. The van der Waals surface area contributed by atoms with E-state index in [0.717, 1.165) is 25.0 Å². The summed E-state index contributed by atoms with van der Waals surface area (Å²) in [5.74, 6) is 1.44. The summed E-state index contributed by atoms with van der Waals surface area (Å²) in [6, 6.07) is 10.7. The molecule has 102 valence electrons. The molecule has 0 aliphatic heterocycles. The zero-order valence-corrected chi connectivity index (χ0v) is 11.9. The van der Waals surface area contributed by atoms with Gasteiger partial charge in [-0.25, -0.2) is 0 Å². The Balaban J connectivity index is 1.98. The van der Waals surface area contributed by atoms with Gasteiger partial charge in [0.15, 0.2) is 0 Å². The summed E-state index contributed by atoms with van der Waals surface area (Å²) in [4.78, 5) is 0. The first kappa shape index (κ1) is 13.9. The SMILES string of the molecule is CNC1(C#N)CCC(Oc2ccc(C(C)C)cc2)C1. The zero-order chi connectivity index (χ0) is 13.9. The van der Waals surface area contributed by atoms with E-state index in [9.17, 15) is 5.26 Å². The Kier molecular flexibility index (Phi) is 4.11. The summed E-state index contributed by atoms with van der Waals surface area (Å²) >= 11 is 0. The van der Waals surface area contributed by atoms with Crippen molar-refractivity contribution in [1.29, 1.82) is 5.26 Å². The van der Waals surface area contributed by atoms with Crippen molar-refractivity contribution in [2.45, 2.75) is 50.7 Å². The first-order chi connectivity index (χ1) is 9.08. The number of ether oxygens (including phenoxy) is 1. The minimum Gasteiger partial charge on any atom is -0.490 e. The van der Waals surface area contributed by atoms with Crippen LogP contribution in [0.5, 0.6) is 5.75 Å². The van der Waals surface area contributed by atoms with Gasteiger partial charge in [-0.1, -0.05) is 26.0 Å². The van der Waals surface area contributed by atoms with Gasteiger partial charge in [0.05, 0.1) is 6.07 Å². The number of nitrogens with zero attached hydrogens (tertiary/aromatic N) is 1. The molecule has 0 radical (unpaired) electrons. The van der Waals surface area contributed by atoms with Gasteiger partial charge < -0.3 is 10.1 Å². The summed E-state index contributed by atoms with van der Waals surface area (Å²) in [6.45, 7) is 4.36. The van der Waals surface area contributed by atoms with Crippen LogP contribution in [0.2, 0.25) is 0 Å². The van der Waals surface area contributed by atoms with Crippen LogP contribution in [0.25, 0.3) is 0 Å². The van der Waals surface area contributed by atoms with Crippen molar-refractivity contribution in [3.63, 3.8) is 0 Å². The monoisotopic (exact) mass is 258 g/mol. The molecule has 19 heavy (non-hydrogen) atoms. The van der Waals surface area contributed by atoms with Crippen LogP contribution >= 0.6 is 0 Å². The smallest absolute Gasteiger partial charge is 0.119 e. The molecule has 1 aliphatic carbocycles. The van der Waals surface area contributed by atoms with Crippen LogP contribution in [0, 0.1) is 11.3 Å². The maximum absolute atomic E-state index is 9.23. The highest BCUT2D eigenvalue weighted by atomic mass is 16.5. The van der Waals surface area contributed by atoms with Gasteiger partial charge in [-0.15, -0.1) is 0 Å². The predicted octanol–water partition coefficient (Wildman–Crippen LogP) is 3.22. The van der Waals surface area contributed by atoms with Gasteiger partial charge in [-0.3, -0.25) is 0 Å². The Morgan fingerprint density at radius 2 is 2.05 bits per heavy atom. The molecule has 0 heterocycles. The summed E-state index contributed by atoms with van der Waals surface area (Å²) in [7, 11) is 1.85. The number of rotatable bonds is 4. The normalized spacial score (nSPS) is 26.4. The van der Waals surface area contributed by atoms with Gasteiger partial charge in [0.25, 0.3) is 0 Å². The average Bonchev–Trinajstić information content (AvgIpc) is 2.83. The molecule has 3 nitrogen and oxygen atoms in total. The predicted molar refractivity (Wildman–Crippen MR) is 76.2 cm³/mol. The van der Waals surface area contributed by atoms with E-state index >= 15 is 0 Å². The van der Waals surface area contributed by atoms with Gasteiger partial charge in [-0.05, 0) is 43.5 Å². The molecule has 1 N–H and O–H groups in total. The standard InChI is InChI=1S/C16H22N2O/c1-12(2)13-4-6-14(7-5-13)19-15-8-9-16(10-15,11-17)18-3/h4-7,12,15,18H,8-10H2,1-3H3. The van der Waals surface area contributed by atoms with Crippen molar-refractivity contribution in [3.8, 4) is 11.8 Å². The number of benzene rings is 1. The molecule has 0 bridgehead atoms. The second kappa shape index (κ2) is 5.63. The van der Waals surface area contributed by atoms with E-state index in [2.05, 4.69) is 37.4 Å². The van der Waals surface area contributed by atoms with Gasteiger partial charge >= 0.3 is 0 Å². The third kappa shape index (κ3) is 3.08. The molecular formula is C16H22N2O. The van der Waals surface area contributed by atoms with Crippen molar-refractivity contribution in [1.82, 2.24) is 5.32 Å². The van der Waals surface area contributed by atoms with Crippen molar-refractivity contribution in [2.24, 2.45) is 0 Å². The largest absolute Gasteiger partial charge is 0.490 e. The molecule has 2 rings (SSSR count). The van der Waals surface area contributed by atoms with E-state index in [1.807, 2.05) is 19.2 Å². The number of hydrogen-bond acceptors (Lipinski definition) is 3. The van der Waals surface area contributed by atoms with E-state index < -0.39 is 5.54 Å². The van der Waals surface area contributed by atoms with E-state index in [1.54, 1.807) is 0 Å². The molecule has 1 aromatic carbocycles. The van der Waals surface area contributed by atoms with Gasteiger partial charge in [0.2, 0.25) is 0 Å². The molecule has 1 aromatic rings.